The Morgan fingerprint density at radius 2 is 0.980 bits per heavy atom. The van der Waals surface area contributed by atoms with Gasteiger partial charge in [-0.15, -0.1) is 11.3 Å². The molecule has 7 aromatic carbocycles. The van der Waals surface area contributed by atoms with Crippen LogP contribution < -0.4 is 0 Å². The predicted octanol–water partition coefficient (Wildman–Crippen LogP) is 12.4. The fraction of sp³-hybridized carbons (Fsp3) is 0. The lowest BCUT2D eigenvalue weighted by Crippen LogP contribution is -2.00. The summed E-state index contributed by atoms with van der Waals surface area (Å²) in [6, 6.07) is 60.5. The molecule has 0 aliphatic carbocycles. The molecule has 11 aromatic rings. The number of thiophene rings is 1. The van der Waals surface area contributed by atoms with Crippen LogP contribution in [0.1, 0.15) is 0 Å². The van der Waals surface area contributed by atoms with E-state index in [2.05, 4.69) is 173 Å². The van der Waals surface area contributed by atoms with Gasteiger partial charge in [-0.2, -0.15) is 0 Å². The minimum atomic E-state index is 0.733. The summed E-state index contributed by atoms with van der Waals surface area (Å²) in [5, 5.41) is 7.26. The summed E-state index contributed by atoms with van der Waals surface area (Å²) in [6.45, 7) is 0. The number of aromatic nitrogens is 4. The summed E-state index contributed by atoms with van der Waals surface area (Å²) >= 11 is 1.73. The van der Waals surface area contributed by atoms with Crippen molar-refractivity contribution >= 4 is 75.3 Å². The van der Waals surface area contributed by atoms with Crippen molar-refractivity contribution in [1.29, 1.82) is 0 Å². The Kier molecular flexibility index (Phi) is 6.09. The summed E-state index contributed by atoms with van der Waals surface area (Å²) in [5.41, 5.74) is 9.98. The van der Waals surface area contributed by atoms with Crippen molar-refractivity contribution in [1.82, 2.24) is 19.1 Å². The first-order valence-corrected chi connectivity index (χ1v) is 18.0. The van der Waals surface area contributed by atoms with Crippen LogP contribution in [0.4, 0.5) is 0 Å². The van der Waals surface area contributed by atoms with Crippen LogP contribution in [-0.4, -0.2) is 19.1 Å². The topological polar surface area (TPSA) is 35.6 Å². The highest BCUT2D eigenvalue weighted by Crippen LogP contribution is 2.45. The van der Waals surface area contributed by atoms with Gasteiger partial charge in [0.15, 0.2) is 5.82 Å². The van der Waals surface area contributed by atoms with Gasteiger partial charge in [0.25, 0.3) is 0 Å². The highest BCUT2D eigenvalue weighted by atomic mass is 32.1. The molecule has 238 valence electrons. The number of hydrogen-bond donors (Lipinski definition) is 0. The second-order valence-corrected chi connectivity index (χ2v) is 14.0. The fourth-order valence-corrected chi connectivity index (χ4v) is 9.11. The molecule has 0 spiro atoms. The molecule has 4 heterocycles. The second-order valence-electron chi connectivity index (χ2n) is 13.0. The van der Waals surface area contributed by atoms with Crippen LogP contribution in [0.15, 0.2) is 170 Å². The van der Waals surface area contributed by atoms with E-state index < -0.39 is 0 Å². The Bertz CT molecular complexity index is 3130. The Morgan fingerprint density at radius 3 is 1.73 bits per heavy atom. The number of fused-ring (bicyclic) bond motifs is 10. The molecule has 0 fully saturated rings. The molecule has 0 aliphatic rings. The lowest BCUT2D eigenvalue weighted by atomic mass is 10.0. The molecule has 0 aliphatic heterocycles. The average Bonchev–Trinajstić information content (AvgIpc) is 3.86. The molecule has 0 radical (unpaired) electrons. The first-order chi connectivity index (χ1) is 25.3. The molecule has 0 saturated heterocycles. The first kappa shape index (κ1) is 28.3. The third-order valence-electron chi connectivity index (χ3n) is 10.2. The van der Waals surface area contributed by atoms with Gasteiger partial charge in [-0.1, -0.05) is 121 Å². The Labute approximate surface area is 297 Å². The zero-order valence-corrected chi connectivity index (χ0v) is 28.2. The second kappa shape index (κ2) is 11.0. The molecule has 51 heavy (non-hydrogen) atoms. The molecule has 0 saturated carbocycles. The summed E-state index contributed by atoms with van der Waals surface area (Å²) in [7, 11) is 0. The number of hydrogen-bond acceptors (Lipinski definition) is 3. The van der Waals surface area contributed by atoms with Crippen molar-refractivity contribution in [2.75, 3.05) is 0 Å². The van der Waals surface area contributed by atoms with E-state index in [-0.39, 0.29) is 0 Å². The standard InChI is InChI=1S/C46H28N4S/c1-3-15-29(16-4-1)45-47-44(43-34-22-10-14-26-40(34)51-46(43)48-45)33-21-9-13-25-37(33)50-36-24-12-8-20-32(36)42-39(50)28-27-38-41(42)31-19-7-11-23-35(31)49(38)30-17-5-2-6-18-30/h1-28H. The summed E-state index contributed by atoms with van der Waals surface area (Å²) in [4.78, 5) is 11.5. The van der Waals surface area contributed by atoms with E-state index in [1.807, 2.05) is 6.07 Å². The van der Waals surface area contributed by atoms with E-state index in [0.29, 0.717) is 0 Å². The van der Waals surface area contributed by atoms with Gasteiger partial charge in [-0.3, -0.25) is 0 Å². The molecule has 4 nitrogen and oxygen atoms in total. The molecular weight excluding hydrogens is 641 g/mol. The van der Waals surface area contributed by atoms with Gasteiger partial charge < -0.3 is 9.13 Å². The van der Waals surface area contributed by atoms with Crippen LogP contribution >= 0.6 is 11.3 Å². The third kappa shape index (κ3) is 4.13. The maximum Gasteiger partial charge on any atom is 0.161 e. The molecular formula is C46H28N4S. The van der Waals surface area contributed by atoms with E-state index >= 15 is 0 Å². The average molecular weight is 669 g/mol. The Hall–Kier alpha value is -6.56. The highest BCUT2D eigenvalue weighted by Gasteiger charge is 2.24. The van der Waals surface area contributed by atoms with Crippen LogP contribution in [0.5, 0.6) is 0 Å². The van der Waals surface area contributed by atoms with Crippen LogP contribution in [0.2, 0.25) is 0 Å². The fourth-order valence-electron chi connectivity index (χ4n) is 8.04. The highest BCUT2D eigenvalue weighted by molar-refractivity contribution is 7.25. The lowest BCUT2D eigenvalue weighted by molar-refractivity contribution is 1.16. The maximum atomic E-state index is 5.40. The molecule has 0 unspecified atom stereocenters. The minimum absolute atomic E-state index is 0.733. The van der Waals surface area contributed by atoms with Crippen LogP contribution in [-0.2, 0) is 0 Å². The Morgan fingerprint density at radius 1 is 0.412 bits per heavy atom. The van der Waals surface area contributed by atoms with Gasteiger partial charge in [0, 0.05) is 53.8 Å². The molecule has 4 aromatic heterocycles. The van der Waals surface area contributed by atoms with Gasteiger partial charge in [-0.25, -0.2) is 9.97 Å². The predicted molar refractivity (Wildman–Crippen MR) is 214 cm³/mol. The summed E-state index contributed by atoms with van der Waals surface area (Å²) in [6.07, 6.45) is 0. The van der Waals surface area contributed by atoms with Crippen LogP contribution in [0.3, 0.4) is 0 Å². The van der Waals surface area contributed by atoms with Gasteiger partial charge in [0.05, 0.1) is 33.4 Å². The van der Waals surface area contributed by atoms with Gasteiger partial charge in [0.2, 0.25) is 0 Å². The summed E-state index contributed by atoms with van der Waals surface area (Å²) in [5.74, 6) is 0.733. The van der Waals surface area contributed by atoms with Crippen LogP contribution in [0.25, 0.3) is 97.9 Å². The van der Waals surface area contributed by atoms with Gasteiger partial charge >= 0.3 is 0 Å². The van der Waals surface area contributed by atoms with Crippen molar-refractivity contribution in [3.63, 3.8) is 0 Å². The van der Waals surface area contributed by atoms with Crippen LogP contribution in [0, 0.1) is 0 Å². The SMILES string of the molecule is c1ccc(-c2nc(-c3ccccc3-n3c4ccccc4c4c5c6ccccc6n(-c6ccccc6)c5ccc43)c3c(n2)sc2ccccc23)cc1. The Balaban J connectivity index is 1.26. The van der Waals surface area contributed by atoms with Crippen molar-refractivity contribution in [2.45, 2.75) is 0 Å². The molecule has 5 heteroatoms. The molecule has 0 N–H and O–H groups in total. The number of rotatable bonds is 4. The molecule has 11 rings (SSSR count). The van der Waals surface area contributed by atoms with E-state index in [0.717, 1.165) is 55.3 Å². The first-order valence-electron chi connectivity index (χ1n) is 17.2. The van der Waals surface area contributed by atoms with Gasteiger partial charge in [-0.05, 0) is 48.5 Å². The number of para-hydroxylation sites is 4. The van der Waals surface area contributed by atoms with Gasteiger partial charge in [0.1, 0.15) is 4.83 Å². The van der Waals surface area contributed by atoms with Crippen molar-refractivity contribution in [3.05, 3.63) is 170 Å². The zero-order valence-electron chi connectivity index (χ0n) is 27.4. The van der Waals surface area contributed by atoms with E-state index in [9.17, 15) is 0 Å². The monoisotopic (exact) mass is 668 g/mol. The smallest absolute Gasteiger partial charge is 0.161 e. The minimum Gasteiger partial charge on any atom is -0.309 e. The van der Waals surface area contributed by atoms with E-state index in [1.54, 1.807) is 11.3 Å². The van der Waals surface area contributed by atoms with E-state index in [4.69, 9.17) is 9.97 Å². The number of benzene rings is 7. The van der Waals surface area contributed by atoms with Crippen molar-refractivity contribution in [2.24, 2.45) is 0 Å². The maximum absolute atomic E-state index is 5.40. The van der Waals surface area contributed by atoms with E-state index in [1.165, 1.54) is 42.7 Å². The zero-order chi connectivity index (χ0) is 33.5. The van der Waals surface area contributed by atoms with Crippen molar-refractivity contribution < 1.29 is 0 Å². The summed E-state index contributed by atoms with van der Waals surface area (Å²) < 4.78 is 6.05. The molecule has 0 amide bonds. The normalized spacial score (nSPS) is 11.9. The molecule has 0 atom stereocenters. The third-order valence-corrected chi connectivity index (χ3v) is 11.2. The molecule has 0 bridgehead atoms. The largest absolute Gasteiger partial charge is 0.309 e. The van der Waals surface area contributed by atoms with Crippen molar-refractivity contribution in [3.8, 4) is 34.0 Å². The quantitative estimate of drug-likeness (QED) is 0.187. The lowest BCUT2D eigenvalue weighted by Gasteiger charge is -2.15. The number of nitrogens with zero attached hydrogens (tertiary/aromatic N) is 4.